The molecular weight excluding hydrogens is 284 g/mol. The summed E-state index contributed by atoms with van der Waals surface area (Å²) in [5.41, 5.74) is 5.70. The zero-order valence-electron chi connectivity index (χ0n) is 9.90. The lowest BCUT2D eigenvalue weighted by Gasteiger charge is -2.27. The topological polar surface area (TPSA) is 64.3 Å². The minimum atomic E-state index is 0.487. The summed E-state index contributed by atoms with van der Waals surface area (Å²) in [7, 11) is 2.00. The molecule has 6 heteroatoms. The summed E-state index contributed by atoms with van der Waals surface area (Å²) in [4.78, 5) is 10.6. The summed E-state index contributed by atoms with van der Waals surface area (Å²) in [5, 5.41) is 0. The summed E-state index contributed by atoms with van der Waals surface area (Å²) in [6, 6.07) is 1.70. The van der Waals surface area contributed by atoms with Crippen LogP contribution < -0.4 is 10.6 Å². The maximum atomic E-state index is 5.70. The lowest BCUT2D eigenvalue weighted by Crippen LogP contribution is -2.30. The van der Waals surface area contributed by atoms with Gasteiger partial charge in [-0.25, -0.2) is 4.98 Å². The van der Waals surface area contributed by atoms with Crippen molar-refractivity contribution >= 4 is 27.7 Å². The second-order valence-corrected chi connectivity index (χ2v) is 5.16. The van der Waals surface area contributed by atoms with Gasteiger partial charge in [-0.2, -0.15) is 4.98 Å². The summed E-state index contributed by atoms with van der Waals surface area (Å²) in [6.07, 6.45) is 2.21. The van der Waals surface area contributed by atoms with Crippen LogP contribution in [-0.4, -0.2) is 36.8 Å². The molecule has 0 aromatic carbocycles. The van der Waals surface area contributed by atoms with Gasteiger partial charge in [-0.15, -0.1) is 0 Å². The Labute approximate surface area is 110 Å². The Balaban J connectivity index is 2.00. The Morgan fingerprint density at radius 1 is 1.47 bits per heavy atom. The molecule has 0 radical (unpaired) electrons. The maximum absolute atomic E-state index is 5.70. The fourth-order valence-electron chi connectivity index (χ4n) is 1.99. The van der Waals surface area contributed by atoms with Crippen LogP contribution in [0.4, 0.5) is 11.8 Å². The van der Waals surface area contributed by atoms with Crippen LogP contribution in [0.1, 0.15) is 12.8 Å². The average Bonchev–Trinajstić information content (AvgIpc) is 2.29. The number of halogens is 1. The highest BCUT2D eigenvalue weighted by Gasteiger charge is 2.17. The number of aromatic nitrogens is 2. The Kier molecular flexibility index (Phi) is 4.17. The fraction of sp³-hybridized carbons (Fsp3) is 0.636. The van der Waals surface area contributed by atoms with Crippen LogP contribution in [0.25, 0.3) is 0 Å². The first-order valence-corrected chi connectivity index (χ1v) is 6.53. The van der Waals surface area contributed by atoms with E-state index in [9.17, 15) is 0 Å². The third-order valence-corrected chi connectivity index (χ3v) is 3.32. The quantitative estimate of drug-likeness (QED) is 0.861. The van der Waals surface area contributed by atoms with Crippen LogP contribution in [0.15, 0.2) is 10.7 Å². The van der Waals surface area contributed by atoms with Crippen molar-refractivity contribution in [2.24, 2.45) is 5.92 Å². The third-order valence-electron chi connectivity index (χ3n) is 2.92. The molecule has 5 nitrogen and oxygen atoms in total. The highest BCUT2D eigenvalue weighted by molar-refractivity contribution is 9.10. The molecule has 0 spiro atoms. The Bertz CT molecular complexity index is 361. The molecule has 2 N–H and O–H groups in total. The summed E-state index contributed by atoms with van der Waals surface area (Å²) in [6.45, 7) is 2.67. The van der Waals surface area contributed by atoms with Crippen LogP contribution in [0.2, 0.25) is 0 Å². The number of rotatable bonds is 3. The van der Waals surface area contributed by atoms with Crippen molar-refractivity contribution in [3.8, 4) is 0 Å². The van der Waals surface area contributed by atoms with Crippen LogP contribution >= 0.6 is 15.9 Å². The van der Waals surface area contributed by atoms with Gasteiger partial charge in [0.05, 0.1) is 0 Å². The SMILES string of the molecule is CN(CC1CCOCC1)c1nc(N)cc(Br)n1. The number of anilines is 2. The fourth-order valence-corrected chi connectivity index (χ4v) is 2.38. The van der Waals surface area contributed by atoms with Gasteiger partial charge < -0.3 is 15.4 Å². The molecule has 0 aliphatic carbocycles. The molecule has 2 heterocycles. The zero-order chi connectivity index (χ0) is 12.3. The van der Waals surface area contributed by atoms with Crippen LogP contribution in [0.3, 0.4) is 0 Å². The molecular formula is C11H17BrN4O. The molecule has 1 fully saturated rings. The molecule has 1 aromatic rings. The number of ether oxygens (including phenoxy) is 1. The van der Waals surface area contributed by atoms with Gasteiger partial charge in [0.1, 0.15) is 10.4 Å². The Morgan fingerprint density at radius 2 is 2.18 bits per heavy atom. The molecule has 1 aliphatic heterocycles. The zero-order valence-corrected chi connectivity index (χ0v) is 11.5. The van der Waals surface area contributed by atoms with Crippen molar-refractivity contribution in [3.63, 3.8) is 0 Å². The second-order valence-electron chi connectivity index (χ2n) is 4.35. The first kappa shape index (κ1) is 12.6. The average molecular weight is 301 g/mol. The van der Waals surface area contributed by atoms with Gasteiger partial charge in [-0.3, -0.25) is 0 Å². The number of nitrogens with two attached hydrogens (primary N) is 1. The van der Waals surface area contributed by atoms with Gasteiger partial charge in [0.25, 0.3) is 0 Å². The van der Waals surface area contributed by atoms with Crippen molar-refractivity contribution in [2.75, 3.05) is 37.4 Å². The lowest BCUT2D eigenvalue weighted by molar-refractivity contribution is 0.0684. The molecule has 0 saturated carbocycles. The van der Waals surface area contributed by atoms with Crippen molar-refractivity contribution in [2.45, 2.75) is 12.8 Å². The second kappa shape index (κ2) is 5.64. The molecule has 1 aromatic heterocycles. The standard InChI is InChI=1S/C11H17BrN4O/c1-16(7-8-2-4-17-5-3-8)11-14-9(12)6-10(13)15-11/h6,8H,2-5,7H2,1H3,(H2,13,14,15). The molecule has 0 amide bonds. The van der Waals surface area contributed by atoms with Crippen LogP contribution in [0.5, 0.6) is 0 Å². The largest absolute Gasteiger partial charge is 0.383 e. The number of nitrogen functional groups attached to an aromatic ring is 1. The molecule has 2 rings (SSSR count). The summed E-state index contributed by atoms with van der Waals surface area (Å²) < 4.78 is 6.07. The minimum absolute atomic E-state index is 0.487. The first-order chi connectivity index (χ1) is 8.15. The predicted octanol–water partition coefficient (Wildman–Crippen LogP) is 1.68. The third kappa shape index (κ3) is 3.54. The number of hydrogen-bond donors (Lipinski definition) is 1. The van der Waals surface area contributed by atoms with Gasteiger partial charge in [-0.1, -0.05) is 0 Å². The Hall–Kier alpha value is -0.880. The van der Waals surface area contributed by atoms with E-state index in [-0.39, 0.29) is 0 Å². The smallest absolute Gasteiger partial charge is 0.228 e. The van der Waals surface area contributed by atoms with Gasteiger partial charge in [0.2, 0.25) is 5.95 Å². The summed E-state index contributed by atoms with van der Waals surface area (Å²) >= 11 is 3.33. The molecule has 0 atom stereocenters. The molecule has 1 aliphatic rings. The van der Waals surface area contributed by atoms with E-state index >= 15 is 0 Å². The van der Waals surface area contributed by atoms with Crippen molar-refractivity contribution in [1.29, 1.82) is 0 Å². The highest BCUT2D eigenvalue weighted by Crippen LogP contribution is 2.19. The number of hydrogen-bond acceptors (Lipinski definition) is 5. The minimum Gasteiger partial charge on any atom is -0.383 e. The van der Waals surface area contributed by atoms with Crippen LogP contribution in [0, 0.1) is 5.92 Å². The van der Waals surface area contributed by atoms with E-state index in [1.165, 1.54) is 0 Å². The van der Waals surface area contributed by atoms with E-state index in [1.54, 1.807) is 6.07 Å². The van der Waals surface area contributed by atoms with E-state index < -0.39 is 0 Å². The molecule has 0 bridgehead atoms. The summed E-state index contributed by atoms with van der Waals surface area (Å²) in [5.74, 6) is 1.81. The molecule has 17 heavy (non-hydrogen) atoms. The molecule has 1 saturated heterocycles. The van der Waals surface area contributed by atoms with E-state index in [1.807, 2.05) is 7.05 Å². The monoisotopic (exact) mass is 300 g/mol. The van der Waals surface area contributed by atoms with E-state index in [4.69, 9.17) is 10.5 Å². The van der Waals surface area contributed by atoms with Gasteiger partial charge in [-0.05, 0) is 34.7 Å². The predicted molar refractivity (Wildman–Crippen MR) is 71.0 cm³/mol. The molecule has 0 unspecified atom stereocenters. The lowest BCUT2D eigenvalue weighted by atomic mass is 10.0. The first-order valence-electron chi connectivity index (χ1n) is 5.74. The van der Waals surface area contributed by atoms with Gasteiger partial charge in [0, 0.05) is 32.9 Å². The Morgan fingerprint density at radius 3 is 2.82 bits per heavy atom. The maximum Gasteiger partial charge on any atom is 0.228 e. The normalized spacial score (nSPS) is 17.1. The van der Waals surface area contributed by atoms with E-state index in [2.05, 4.69) is 30.8 Å². The van der Waals surface area contributed by atoms with Gasteiger partial charge >= 0.3 is 0 Å². The van der Waals surface area contributed by atoms with Crippen molar-refractivity contribution < 1.29 is 4.74 Å². The van der Waals surface area contributed by atoms with Crippen LogP contribution in [-0.2, 0) is 4.74 Å². The van der Waals surface area contributed by atoms with Gasteiger partial charge in [0.15, 0.2) is 0 Å². The van der Waals surface area contributed by atoms with E-state index in [0.29, 0.717) is 17.7 Å². The molecule has 94 valence electrons. The van der Waals surface area contributed by atoms with Crippen molar-refractivity contribution in [1.82, 2.24) is 9.97 Å². The van der Waals surface area contributed by atoms with Crippen molar-refractivity contribution in [3.05, 3.63) is 10.7 Å². The van der Waals surface area contributed by atoms with E-state index in [0.717, 1.165) is 37.2 Å². The number of nitrogens with zero attached hydrogens (tertiary/aromatic N) is 3. The highest BCUT2D eigenvalue weighted by atomic mass is 79.9.